The zero-order valence-electron chi connectivity index (χ0n) is 23.3. The predicted molar refractivity (Wildman–Crippen MR) is 180 cm³/mol. The van der Waals surface area contributed by atoms with Crippen molar-refractivity contribution in [2.24, 2.45) is 0 Å². The average Bonchev–Trinajstić information content (AvgIpc) is 3.44. The summed E-state index contributed by atoms with van der Waals surface area (Å²) in [6, 6.07) is 53.5. The van der Waals surface area contributed by atoms with Crippen molar-refractivity contribution in [2.75, 3.05) is 0 Å². The first-order valence-corrected chi connectivity index (χ1v) is 14.6. The van der Waals surface area contributed by atoms with Crippen LogP contribution in [0.15, 0.2) is 152 Å². The molecule has 0 unspecified atom stereocenters. The van der Waals surface area contributed by atoms with Crippen LogP contribution in [-0.2, 0) is 0 Å². The maximum atomic E-state index is 5.29. The molecule has 3 heteroatoms. The Balaban J connectivity index is 1.38. The molecule has 3 nitrogen and oxygen atoms in total. The Hall–Kier alpha value is -5.80. The van der Waals surface area contributed by atoms with Gasteiger partial charge in [0.25, 0.3) is 0 Å². The SMILES string of the molecule is c1ccc(-c2nc3ccc(-n4c5ccc6ccccc6c5c5ccc6ccccc6c54)cc3nc2-c2ccccc2)cc1. The van der Waals surface area contributed by atoms with Crippen LogP contribution in [0.3, 0.4) is 0 Å². The first-order valence-electron chi connectivity index (χ1n) is 14.6. The van der Waals surface area contributed by atoms with E-state index in [0.29, 0.717) is 0 Å². The van der Waals surface area contributed by atoms with Crippen molar-refractivity contribution in [3.8, 4) is 28.2 Å². The summed E-state index contributed by atoms with van der Waals surface area (Å²) in [5.74, 6) is 0. The molecule has 9 aromatic rings. The molecule has 0 spiro atoms. The number of nitrogens with zero attached hydrogens (tertiary/aromatic N) is 3. The second-order valence-electron chi connectivity index (χ2n) is 11.0. The number of hydrogen-bond donors (Lipinski definition) is 0. The summed E-state index contributed by atoms with van der Waals surface area (Å²) < 4.78 is 2.41. The van der Waals surface area contributed by atoms with E-state index >= 15 is 0 Å². The lowest BCUT2D eigenvalue weighted by Crippen LogP contribution is -1.98. The number of rotatable bonds is 3. The second kappa shape index (κ2) is 9.37. The molecule has 0 saturated heterocycles. The molecule has 0 radical (unpaired) electrons. The Morgan fingerprint density at radius 2 is 1.00 bits per heavy atom. The van der Waals surface area contributed by atoms with E-state index in [2.05, 4.69) is 144 Å². The van der Waals surface area contributed by atoms with Gasteiger partial charge in [0.15, 0.2) is 0 Å². The Kier molecular flexibility index (Phi) is 5.20. The number of aromatic nitrogens is 3. The summed E-state index contributed by atoms with van der Waals surface area (Å²) in [7, 11) is 0. The molecular weight excluding hydrogens is 522 g/mol. The van der Waals surface area contributed by atoms with E-state index in [-0.39, 0.29) is 0 Å². The summed E-state index contributed by atoms with van der Waals surface area (Å²) >= 11 is 0. The first-order chi connectivity index (χ1) is 21.3. The highest BCUT2D eigenvalue weighted by molar-refractivity contribution is 6.26. The molecule has 0 N–H and O–H groups in total. The molecule has 0 fully saturated rings. The molecule has 7 aromatic carbocycles. The molecule has 0 amide bonds. The first kappa shape index (κ1) is 23.9. The van der Waals surface area contributed by atoms with E-state index in [1.54, 1.807) is 0 Å². The van der Waals surface area contributed by atoms with Crippen LogP contribution in [0.4, 0.5) is 0 Å². The van der Waals surface area contributed by atoms with Crippen molar-refractivity contribution >= 4 is 54.4 Å². The maximum absolute atomic E-state index is 5.29. The average molecular weight is 548 g/mol. The van der Waals surface area contributed by atoms with E-state index in [1.165, 1.54) is 43.4 Å². The third-order valence-electron chi connectivity index (χ3n) is 8.54. The predicted octanol–water partition coefficient (Wildman–Crippen LogP) is 10.4. The normalized spacial score (nSPS) is 11.7. The third-order valence-corrected chi connectivity index (χ3v) is 8.54. The van der Waals surface area contributed by atoms with Crippen molar-refractivity contribution in [3.05, 3.63) is 152 Å². The lowest BCUT2D eigenvalue weighted by molar-refractivity contribution is 1.18. The fraction of sp³-hybridized carbons (Fsp3) is 0. The number of benzene rings is 7. The monoisotopic (exact) mass is 547 g/mol. The Morgan fingerprint density at radius 1 is 0.419 bits per heavy atom. The molecule has 0 aliphatic carbocycles. The number of fused-ring (bicyclic) bond motifs is 8. The van der Waals surface area contributed by atoms with Crippen LogP contribution in [0, 0.1) is 0 Å². The lowest BCUT2D eigenvalue weighted by atomic mass is 10.0. The van der Waals surface area contributed by atoms with Crippen LogP contribution in [0.2, 0.25) is 0 Å². The topological polar surface area (TPSA) is 30.7 Å². The van der Waals surface area contributed by atoms with Crippen LogP contribution in [0.5, 0.6) is 0 Å². The van der Waals surface area contributed by atoms with Crippen LogP contribution >= 0.6 is 0 Å². The summed E-state index contributed by atoms with van der Waals surface area (Å²) in [6.07, 6.45) is 0. The van der Waals surface area contributed by atoms with Gasteiger partial charge in [-0.25, -0.2) is 9.97 Å². The molecule has 2 aromatic heterocycles. The van der Waals surface area contributed by atoms with Gasteiger partial charge in [0, 0.05) is 33.0 Å². The Bertz CT molecular complexity index is 2490. The summed E-state index contributed by atoms with van der Waals surface area (Å²) in [5, 5.41) is 7.49. The van der Waals surface area contributed by atoms with Gasteiger partial charge >= 0.3 is 0 Å². The molecule has 0 saturated carbocycles. The second-order valence-corrected chi connectivity index (χ2v) is 11.0. The van der Waals surface area contributed by atoms with Gasteiger partial charge in [-0.3, -0.25) is 0 Å². The van der Waals surface area contributed by atoms with Gasteiger partial charge in [-0.05, 0) is 40.4 Å². The highest BCUT2D eigenvalue weighted by atomic mass is 15.0. The summed E-state index contributed by atoms with van der Waals surface area (Å²) in [6.45, 7) is 0. The fourth-order valence-corrected chi connectivity index (χ4v) is 6.59. The Labute approximate surface area is 248 Å². The van der Waals surface area contributed by atoms with E-state index in [1.807, 2.05) is 12.1 Å². The molecule has 0 atom stereocenters. The van der Waals surface area contributed by atoms with Gasteiger partial charge in [-0.2, -0.15) is 0 Å². The lowest BCUT2D eigenvalue weighted by Gasteiger charge is -2.13. The number of hydrogen-bond acceptors (Lipinski definition) is 2. The van der Waals surface area contributed by atoms with E-state index in [4.69, 9.17) is 9.97 Å². The largest absolute Gasteiger partial charge is 0.309 e. The molecule has 9 rings (SSSR count). The van der Waals surface area contributed by atoms with Crippen LogP contribution in [0.1, 0.15) is 0 Å². The van der Waals surface area contributed by atoms with E-state index in [0.717, 1.165) is 39.2 Å². The molecule has 0 aliphatic rings. The Morgan fingerprint density at radius 3 is 1.72 bits per heavy atom. The van der Waals surface area contributed by atoms with Crippen molar-refractivity contribution in [1.82, 2.24) is 14.5 Å². The van der Waals surface area contributed by atoms with Gasteiger partial charge in [-0.1, -0.05) is 127 Å². The minimum absolute atomic E-state index is 0.868. The van der Waals surface area contributed by atoms with Gasteiger partial charge in [0.05, 0.1) is 33.5 Å². The quantitative estimate of drug-likeness (QED) is 0.220. The highest BCUT2D eigenvalue weighted by Crippen LogP contribution is 2.40. The standard InChI is InChI=1S/C40H25N3/c1-3-13-28(14-4-1)38-39(29-15-5-2-6-16-29)42-35-25-30(21-23-34(35)41-38)43-36-24-20-26-11-7-9-17-31(26)37(36)33-22-19-27-12-8-10-18-32(27)40(33)43/h1-25H. The minimum atomic E-state index is 0.868. The molecule has 2 heterocycles. The summed E-state index contributed by atoms with van der Waals surface area (Å²) in [5.41, 5.74) is 9.08. The van der Waals surface area contributed by atoms with Crippen molar-refractivity contribution in [1.29, 1.82) is 0 Å². The zero-order chi connectivity index (χ0) is 28.3. The minimum Gasteiger partial charge on any atom is -0.309 e. The van der Waals surface area contributed by atoms with Gasteiger partial charge in [-0.15, -0.1) is 0 Å². The summed E-state index contributed by atoms with van der Waals surface area (Å²) in [4.78, 5) is 10.5. The van der Waals surface area contributed by atoms with E-state index < -0.39 is 0 Å². The fourth-order valence-electron chi connectivity index (χ4n) is 6.59. The molecule has 0 aliphatic heterocycles. The highest BCUT2D eigenvalue weighted by Gasteiger charge is 2.19. The molecular formula is C40H25N3. The zero-order valence-corrected chi connectivity index (χ0v) is 23.3. The van der Waals surface area contributed by atoms with Crippen LogP contribution in [0.25, 0.3) is 82.6 Å². The van der Waals surface area contributed by atoms with Gasteiger partial charge in [0.1, 0.15) is 0 Å². The van der Waals surface area contributed by atoms with Gasteiger partial charge in [0.2, 0.25) is 0 Å². The smallest absolute Gasteiger partial charge is 0.0973 e. The maximum Gasteiger partial charge on any atom is 0.0973 e. The van der Waals surface area contributed by atoms with Crippen LogP contribution in [-0.4, -0.2) is 14.5 Å². The van der Waals surface area contributed by atoms with Crippen LogP contribution < -0.4 is 0 Å². The molecule has 200 valence electrons. The van der Waals surface area contributed by atoms with E-state index in [9.17, 15) is 0 Å². The van der Waals surface area contributed by atoms with Crippen molar-refractivity contribution < 1.29 is 0 Å². The molecule has 0 bridgehead atoms. The third kappa shape index (κ3) is 3.68. The van der Waals surface area contributed by atoms with Crippen molar-refractivity contribution in [3.63, 3.8) is 0 Å². The van der Waals surface area contributed by atoms with Gasteiger partial charge < -0.3 is 4.57 Å². The van der Waals surface area contributed by atoms with Crippen molar-refractivity contribution in [2.45, 2.75) is 0 Å². The molecule has 43 heavy (non-hydrogen) atoms.